The van der Waals surface area contributed by atoms with Gasteiger partial charge in [0.2, 0.25) is 5.91 Å². The molecule has 1 fully saturated rings. The van der Waals surface area contributed by atoms with Crippen LogP contribution in [0.4, 0.5) is 5.69 Å². The number of carbonyl (C=O) groups excluding carboxylic acids is 4. The van der Waals surface area contributed by atoms with E-state index in [0.717, 1.165) is 6.42 Å². The first-order chi connectivity index (χ1) is 13.5. The number of benzene rings is 2. The van der Waals surface area contributed by atoms with E-state index in [1.165, 1.54) is 12.1 Å². The molecule has 0 saturated carbocycles. The number of carbonyl (C=O) groups is 4. The lowest BCUT2D eigenvalue weighted by Gasteiger charge is -2.17. The van der Waals surface area contributed by atoms with Gasteiger partial charge in [0.1, 0.15) is 5.75 Å². The van der Waals surface area contributed by atoms with E-state index < -0.39 is 24.4 Å². The topological polar surface area (TPSA) is 93.2 Å². The number of ether oxygens (including phenoxy) is 1. The molecular formula is C20H16N2O6. The summed E-state index contributed by atoms with van der Waals surface area (Å²) >= 11 is 0. The van der Waals surface area contributed by atoms with Crippen LogP contribution in [-0.4, -0.2) is 41.9 Å². The Bertz CT molecular complexity index is 951. The molecule has 3 amide bonds. The maximum Gasteiger partial charge on any atom is 0.370 e. The summed E-state index contributed by atoms with van der Waals surface area (Å²) in [5.41, 5.74) is 1.06. The maximum absolute atomic E-state index is 12.2. The number of hydrogen-bond donors (Lipinski definition) is 0. The van der Waals surface area contributed by atoms with Crippen LogP contribution in [0.25, 0.3) is 0 Å². The average Bonchev–Trinajstić information content (AvgIpc) is 3.24. The summed E-state index contributed by atoms with van der Waals surface area (Å²) in [5.74, 6) is -1.86. The number of amides is 3. The summed E-state index contributed by atoms with van der Waals surface area (Å²) in [6.45, 7) is 0.148. The van der Waals surface area contributed by atoms with Crippen molar-refractivity contribution in [2.75, 3.05) is 18.1 Å². The third kappa shape index (κ3) is 3.20. The zero-order chi connectivity index (χ0) is 19.7. The Morgan fingerprint density at radius 3 is 2.32 bits per heavy atom. The van der Waals surface area contributed by atoms with Crippen LogP contribution in [0.2, 0.25) is 0 Å². The van der Waals surface area contributed by atoms with E-state index in [4.69, 9.17) is 9.57 Å². The fraction of sp³-hybridized carbons (Fsp3) is 0.200. The molecule has 2 aliphatic rings. The molecular weight excluding hydrogens is 364 g/mol. The van der Waals surface area contributed by atoms with Gasteiger partial charge in [-0.1, -0.05) is 23.3 Å². The van der Waals surface area contributed by atoms with Crippen molar-refractivity contribution < 1.29 is 28.8 Å². The van der Waals surface area contributed by atoms with Gasteiger partial charge >= 0.3 is 5.97 Å². The standard InChI is InChI=1S/C20H16N2O6/c23-17-9-4-10-21(17)13-5-3-6-14(11-13)27-12-18(24)28-22-19(25)15-7-1-2-8-16(15)20(22)26/h1-3,5-8,11H,4,9-10,12H2. The van der Waals surface area contributed by atoms with E-state index in [-0.39, 0.29) is 17.0 Å². The van der Waals surface area contributed by atoms with Gasteiger partial charge in [-0.05, 0) is 30.7 Å². The van der Waals surface area contributed by atoms with Crippen molar-refractivity contribution in [3.8, 4) is 5.75 Å². The number of nitrogens with zero attached hydrogens (tertiary/aromatic N) is 2. The molecule has 0 unspecified atom stereocenters. The summed E-state index contributed by atoms with van der Waals surface area (Å²) in [6, 6.07) is 13.0. The smallest absolute Gasteiger partial charge is 0.370 e. The van der Waals surface area contributed by atoms with Crippen LogP contribution in [0.3, 0.4) is 0 Å². The van der Waals surface area contributed by atoms with E-state index in [0.29, 0.717) is 29.5 Å². The van der Waals surface area contributed by atoms with E-state index >= 15 is 0 Å². The first-order valence-corrected chi connectivity index (χ1v) is 8.76. The number of fused-ring (bicyclic) bond motifs is 1. The van der Waals surface area contributed by atoms with Crippen molar-refractivity contribution in [3.05, 3.63) is 59.7 Å². The summed E-state index contributed by atoms with van der Waals surface area (Å²) < 4.78 is 5.40. The monoisotopic (exact) mass is 380 g/mol. The molecule has 4 rings (SSSR count). The van der Waals surface area contributed by atoms with Crippen LogP contribution < -0.4 is 9.64 Å². The van der Waals surface area contributed by atoms with Crippen molar-refractivity contribution in [2.24, 2.45) is 0 Å². The van der Waals surface area contributed by atoms with Gasteiger partial charge in [0.05, 0.1) is 11.1 Å². The predicted octanol–water partition coefficient (Wildman–Crippen LogP) is 1.95. The SMILES string of the molecule is O=C(COc1cccc(N2CCCC2=O)c1)ON1C(=O)c2ccccc2C1=O. The zero-order valence-corrected chi connectivity index (χ0v) is 14.8. The van der Waals surface area contributed by atoms with E-state index in [1.807, 2.05) is 0 Å². The van der Waals surface area contributed by atoms with Crippen LogP contribution in [0, 0.1) is 0 Å². The number of hydrogen-bond acceptors (Lipinski definition) is 6. The molecule has 2 heterocycles. The van der Waals surface area contributed by atoms with E-state index in [1.54, 1.807) is 41.3 Å². The molecule has 1 saturated heterocycles. The van der Waals surface area contributed by atoms with Gasteiger partial charge in [-0.15, -0.1) is 0 Å². The highest BCUT2D eigenvalue weighted by Gasteiger charge is 2.38. The van der Waals surface area contributed by atoms with Crippen molar-refractivity contribution in [2.45, 2.75) is 12.8 Å². The van der Waals surface area contributed by atoms with E-state index in [2.05, 4.69) is 0 Å². The van der Waals surface area contributed by atoms with Gasteiger partial charge in [-0.25, -0.2) is 4.79 Å². The van der Waals surface area contributed by atoms with Gasteiger partial charge < -0.3 is 14.5 Å². The van der Waals surface area contributed by atoms with Gasteiger partial charge in [0, 0.05) is 24.7 Å². The number of hydroxylamine groups is 2. The fourth-order valence-corrected chi connectivity index (χ4v) is 3.18. The summed E-state index contributed by atoms with van der Waals surface area (Å²) in [7, 11) is 0. The molecule has 0 radical (unpaired) electrons. The molecule has 0 aromatic heterocycles. The Balaban J connectivity index is 1.37. The van der Waals surface area contributed by atoms with Gasteiger partial charge in [-0.3, -0.25) is 14.4 Å². The minimum absolute atomic E-state index is 0.0437. The molecule has 0 aliphatic carbocycles. The second kappa shape index (κ2) is 7.15. The highest BCUT2D eigenvalue weighted by atomic mass is 16.7. The van der Waals surface area contributed by atoms with Gasteiger partial charge in [0.25, 0.3) is 11.8 Å². The minimum Gasteiger partial charge on any atom is -0.482 e. The third-order valence-electron chi connectivity index (χ3n) is 4.51. The summed E-state index contributed by atoms with van der Waals surface area (Å²) in [4.78, 5) is 54.8. The Kier molecular flexibility index (Phi) is 4.52. The van der Waals surface area contributed by atoms with Gasteiger partial charge in [-0.2, -0.15) is 0 Å². The first kappa shape index (κ1) is 17.7. The molecule has 8 heteroatoms. The highest BCUT2D eigenvalue weighted by molar-refractivity contribution is 6.20. The molecule has 2 aromatic carbocycles. The second-order valence-electron chi connectivity index (χ2n) is 6.35. The lowest BCUT2D eigenvalue weighted by atomic mass is 10.1. The average molecular weight is 380 g/mol. The van der Waals surface area contributed by atoms with Crippen LogP contribution in [-0.2, 0) is 14.4 Å². The normalized spacial score (nSPS) is 15.8. The predicted molar refractivity (Wildman–Crippen MR) is 96.6 cm³/mol. The van der Waals surface area contributed by atoms with Crippen molar-refractivity contribution >= 4 is 29.4 Å². The van der Waals surface area contributed by atoms with Crippen LogP contribution >= 0.6 is 0 Å². The quantitative estimate of drug-likeness (QED) is 0.736. The minimum atomic E-state index is -0.892. The fourth-order valence-electron chi connectivity index (χ4n) is 3.18. The van der Waals surface area contributed by atoms with Crippen molar-refractivity contribution in [1.29, 1.82) is 0 Å². The molecule has 142 valence electrons. The first-order valence-electron chi connectivity index (χ1n) is 8.76. The highest BCUT2D eigenvalue weighted by Crippen LogP contribution is 2.26. The summed E-state index contributed by atoms with van der Waals surface area (Å²) in [5, 5.41) is 0.440. The van der Waals surface area contributed by atoms with Crippen LogP contribution in [0.1, 0.15) is 33.6 Å². The number of anilines is 1. The Hall–Kier alpha value is -3.68. The zero-order valence-electron chi connectivity index (χ0n) is 14.8. The number of imide groups is 1. The molecule has 2 aromatic rings. The molecule has 0 atom stereocenters. The lowest BCUT2D eigenvalue weighted by Crippen LogP contribution is -2.34. The molecule has 0 bridgehead atoms. The molecule has 0 spiro atoms. The van der Waals surface area contributed by atoms with Gasteiger partial charge in [0.15, 0.2) is 6.61 Å². The third-order valence-corrected chi connectivity index (χ3v) is 4.51. The maximum atomic E-state index is 12.2. The molecule has 0 N–H and O–H groups in total. The van der Waals surface area contributed by atoms with Crippen LogP contribution in [0.15, 0.2) is 48.5 Å². The Labute approximate surface area is 160 Å². The Morgan fingerprint density at radius 1 is 0.964 bits per heavy atom. The number of rotatable bonds is 5. The lowest BCUT2D eigenvalue weighted by molar-refractivity contribution is -0.170. The van der Waals surface area contributed by atoms with E-state index in [9.17, 15) is 19.2 Å². The molecule has 2 aliphatic heterocycles. The molecule has 28 heavy (non-hydrogen) atoms. The van der Waals surface area contributed by atoms with Crippen molar-refractivity contribution in [3.63, 3.8) is 0 Å². The summed E-state index contributed by atoms with van der Waals surface area (Å²) in [6.07, 6.45) is 1.31. The molecule has 8 nitrogen and oxygen atoms in total. The van der Waals surface area contributed by atoms with Crippen molar-refractivity contribution in [1.82, 2.24) is 5.06 Å². The Morgan fingerprint density at radius 2 is 1.68 bits per heavy atom. The van der Waals surface area contributed by atoms with Crippen LogP contribution in [0.5, 0.6) is 5.75 Å². The largest absolute Gasteiger partial charge is 0.482 e. The second-order valence-corrected chi connectivity index (χ2v) is 6.35.